The molecule has 0 amide bonds. The fourth-order valence-corrected chi connectivity index (χ4v) is 2.17. The Balaban J connectivity index is 2.00. The van der Waals surface area contributed by atoms with Gasteiger partial charge in [0.25, 0.3) is 0 Å². The Hall–Kier alpha value is -2.34. The minimum absolute atomic E-state index is 0.111. The molecule has 98 valence electrons. The first kappa shape index (κ1) is 11.7. The lowest BCUT2D eigenvalue weighted by Crippen LogP contribution is -2.22. The summed E-state index contributed by atoms with van der Waals surface area (Å²) in [6.45, 7) is 0.400. The van der Waals surface area contributed by atoms with Crippen LogP contribution in [0.15, 0.2) is 40.9 Å². The fourth-order valence-electron chi connectivity index (χ4n) is 2.17. The van der Waals surface area contributed by atoms with Gasteiger partial charge in [0.1, 0.15) is 6.17 Å². The van der Waals surface area contributed by atoms with Crippen molar-refractivity contribution < 1.29 is 4.39 Å². The first-order valence-corrected chi connectivity index (χ1v) is 5.93. The van der Waals surface area contributed by atoms with Crippen molar-refractivity contribution in [2.75, 3.05) is 11.9 Å². The Bertz CT molecular complexity index is 617. The van der Waals surface area contributed by atoms with Crippen molar-refractivity contribution >= 4 is 17.6 Å². The number of nitrogens with one attached hydrogen (secondary N) is 2. The first-order valence-electron chi connectivity index (χ1n) is 5.93. The lowest BCUT2D eigenvalue weighted by atomic mass is 9.98. The molecule has 6 heteroatoms. The third kappa shape index (κ3) is 2.06. The summed E-state index contributed by atoms with van der Waals surface area (Å²) < 4.78 is 13.2. The van der Waals surface area contributed by atoms with Crippen LogP contribution in [0.4, 0.5) is 10.1 Å². The molecule has 1 atom stereocenters. The van der Waals surface area contributed by atoms with Crippen molar-refractivity contribution in [3.8, 4) is 0 Å². The average molecular weight is 259 g/mol. The van der Waals surface area contributed by atoms with Gasteiger partial charge in [-0.3, -0.25) is 4.99 Å². The Morgan fingerprint density at radius 1 is 1.37 bits per heavy atom. The van der Waals surface area contributed by atoms with Gasteiger partial charge in [0.2, 0.25) is 5.95 Å². The number of allylic oxidation sites excluding steroid dienone is 1. The van der Waals surface area contributed by atoms with E-state index < -0.39 is 5.95 Å². The quantitative estimate of drug-likeness (QED) is 0.570. The smallest absolute Gasteiger partial charge is 0.210 e. The molecule has 2 aliphatic heterocycles. The number of anilines is 1. The molecule has 19 heavy (non-hydrogen) atoms. The van der Waals surface area contributed by atoms with Crippen LogP contribution in [-0.4, -0.2) is 12.9 Å². The van der Waals surface area contributed by atoms with Crippen molar-refractivity contribution in [3.63, 3.8) is 0 Å². The molecule has 0 saturated carbocycles. The van der Waals surface area contributed by atoms with E-state index in [9.17, 15) is 4.39 Å². The molecule has 1 aromatic rings. The van der Waals surface area contributed by atoms with E-state index in [-0.39, 0.29) is 11.9 Å². The molecule has 6 N–H and O–H groups in total. The van der Waals surface area contributed by atoms with Gasteiger partial charge in [-0.2, -0.15) is 4.39 Å². The summed E-state index contributed by atoms with van der Waals surface area (Å²) in [7, 11) is 0. The summed E-state index contributed by atoms with van der Waals surface area (Å²) in [6.07, 6.45) is 2.85. The monoisotopic (exact) mass is 259 g/mol. The number of aliphatic imine (C=N–C) groups is 1. The molecule has 0 spiro atoms. The third-order valence-corrected chi connectivity index (χ3v) is 3.21. The molecule has 0 radical (unpaired) electrons. The van der Waals surface area contributed by atoms with Gasteiger partial charge in [-0.1, -0.05) is 6.07 Å². The van der Waals surface area contributed by atoms with E-state index in [4.69, 9.17) is 11.5 Å². The van der Waals surface area contributed by atoms with E-state index in [1.165, 1.54) is 0 Å². The molecule has 2 aliphatic rings. The number of benzene rings is 1. The topological polar surface area (TPSA) is 88.5 Å². The van der Waals surface area contributed by atoms with Crippen molar-refractivity contribution in [1.29, 1.82) is 0 Å². The fraction of sp³-hybridized carbons (Fsp3) is 0.154. The van der Waals surface area contributed by atoms with E-state index in [0.29, 0.717) is 6.54 Å². The minimum atomic E-state index is -0.482. The molecule has 1 unspecified atom stereocenters. The molecule has 0 fully saturated rings. The maximum atomic E-state index is 13.2. The molecule has 0 saturated heterocycles. The predicted molar refractivity (Wildman–Crippen MR) is 73.8 cm³/mol. The van der Waals surface area contributed by atoms with Crippen molar-refractivity contribution in [3.05, 3.63) is 47.0 Å². The van der Waals surface area contributed by atoms with Gasteiger partial charge in [-0.25, -0.2) is 0 Å². The van der Waals surface area contributed by atoms with Crippen LogP contribution in [0, 0.1) is 0 Å². The molecule has 0 bridgehead atoms. The highest BCUT2D eigenvalue weighted by Crippen LogP contribution is 2.29. The average Bonchev–Trinajstić information content (AvgIpc) is 2.42. The van der Waals surface area contributed by atoms with Crippen molar-refractivity contribution in [1.82, 2.24) is 5.32 Å². The Morgan fingerprint density at radius 2 is 2.21 bits per heavy atom. The van der Waals surface area contributed by atoms with Crippen LogP contribution >= 0.6 is 0 Å². The minimum Gasteiger partial charge on any atom is -0.395 e. The number of rotatable bonds is 1. The van der Waals surface area contributed by atoms with E-state index in [1.807, 2.05) is 18.2 Å². The number of hydrogen-bond acceptors (Lipinski definition) is 5. The van der Waals surface area contributed by atoms with Crippen LogP contribution in [0.1, 0.15) is 17.3 Å². The normalized spacial score (nSPS) is 21.4. The van der Waals surface area contributed by atoms with Gasteiger partial charge < -0.3 is 22.1 Å². The Morgan fingerprint density at radius 3 is 3.00 bits per heavy atom. The second-order valence-electron chi connectivity index (χ2n) is 4.46. The Kier molecular flexibility index (Phi) is 2.72. The predicted octanol–water partition coefficient (Wildman–Crippen LogP) is 1.18. The zero-order valence-electron chi connectivity index (χ0n) is 10.2. The van der Waals surface area contributed by atoms with E-state index in [2.05, 4.69) is 15.6 Å². The van der Waals surface area contributed by atoms with Crippen LogP contribution in [0.5, 0.6) is 0 Å². The molecule has 0 aliphatic carbocycles. The number of hydrogen-bond donors (Lipinski definition) is 4. The van der Waals surface area contributed by atoms with E-state index in [1.54, 1.807) is 12.4 Å². The number of nitrogens with two attached hydrogens (primary N) is 2. The summed E-state index contributed by atoms with van der Waals surface area (Å²) in [5.74, 6) is -0.482. The highest BCUT2D eigenvalue weighted by atomic mass is 19.1. The van der Waals surface area contributed by atoms with Gasteiger partial charge >= 0.3 is 0 Å². The molecule has 5 nitrogen and oxygen atoms in total. The van der Waals surface area contributed by atoms with Crippen LogP contribution in [0.25, 0.3) is 5.57 Å². The largest absolute Gasteiger partial charge is 0.395 e. The zero-order valence-corrected chi connectivity index (χ0v) is 10.2. The van der Waals surface area contributed by atoms with Gasteiger partial charge in [0, 0.05) is 17.8 Å². The summed E-state index contributed by atoms with van der Waals surface area (Å²) in [5.41, 5.74) is 15.3. The molecule has 1 aromatic carbocycles. The summed E-state index contributed by atoms with van der Waals surface area (Å²) in [6, 6.07) is 5.83. The SMILES string of the molecule is NC1=C(F)NCC(c2ccc3c(c2)C(N)N=CN3)=C1. The van der Waals surface area contributed by atoms with Crippen molar-refractivity contribution in [2.45, 2.75) is 6.17 Å². The Labute approximate surface area is 109 Å². The van der Waals surface area contributed by atoms with Crippen LogP contribution in [-0.2, 0) is 0 Å². The van der Waals surface area contributed by atoms with E-state index >= 15 is 0 Å². The first-order chi connectivity index (χ1) is 9.15. The number of dihydropyridines is 1. The third-order valence-electron chi connectivity index (χ3n) is 3.21. The lowest BCUT2D eigenvalue weighted by molar-refractivity contribution is 0.548. The van der Waals surface area contributed by atoms with Gasteiger partial charge in [-0.05, 0) is 29.3 Å². The summed E-state index contributed by atoms with van der Waals surface area (Å²) in [4.78, 5) is 4.10. The maximum absolute atomic E-state index is 13.2. The molecule has 0 aromatic heterocycles. The second kappa shape index (κ2) is 4.40. The van der Waals surface area contributed by atoms with Gasteiger partial charge in [0.15, 0.2) is 0 Å². The summed E-state index contributed by atoms with van der Waals surface area (Å²) >= 11 is 0. The lowest BCUT2D eigenvalue weighted by Gasteiger charge is -2.21. The van der Waals surface area contributed by atoms with Crippen molar-refractivity contribution in [2.24, 2.45) is 16.5 Å². The number of fused-ring (bicyclic) bond motifs is 1. The zero-order chi connectivity index (χ0) is 13.4. The van der Waals surface area contributed by atoms with Gasteiger partial charge in [-0.15, -0.1) is 0 Å². The highest BCUT2D eigenvalue weighted by molar-refractivity contribution is 5.82. The number of halogens is 1. The standard InChI is InChI=1S/C13H14FN5/c14-12-10(15)4-8(5-17-12)7-1-2-11-9(3-7)13(16)19-6-18-11/h1-4,6,13,17H,5,15-16H2,(H,18,19). The van der Waals surface area contributed by atoms with E-state index in [0.717, 1.165) is 22.4 Å². The molecule has 3 rings (SSSR count). The number of nitrogens with zero attached hydrogens (tertiary/aromatic N) is 1. The van der Waals surface area contributed by atoms with Crippen LogP contribution in [0.2, 0.25) is 0 Å². The van der Waals surface area contributed by atoms with Crippen LogP contribution in [0.3, 0.4) is 0 Å². The van der Waals surface area contributed by atoms with Gasteiger partial charge in [0.05, 0.1) is 12.0 Å². The molecular formula is C13H14FN5. The van der Waals surface area contributed by atoms with Crippen LogP contribution < -0.4 is 22.1 Å². The second-order valence-corrected chi connectivity index (χ2v) is 4.46. The molecule has 2 heterocycles. The molecular weight excluding hydrogens is 245 g/mol. The highest BCUT2D eigenvalue weighted by Gasteiger charge is 2.17. The maximum Gasteiger partial charge on any atom is 0.210 e. The summed E-state index contributed by atoms with van der Waals surface area (Å²) in [5, 5.41) is 5.65.